The van der Waals surface area contributed by atoms with Crippen LogP contribution in [0.2, 0.25) is 0 Å². The van der Waals surface area contributed by atoms with E-state index in [1.165, 1.54) is 13.0 Å². The number of nitrogens with one attached hydrogen (secondary N) is 1. The third kappa shape index (κ3) is 4.01. The molecular formula is C20H19F3N2O3. The summed E-state index contributed by atoms with van der Waals surface area (Å²) >= 11 is 0. The Hall–Kier alpha value is -2.87. The summed E-state index contributed by atoms with van der Waals surface area (Å²) in [5.41, 5.74) is 2.75. The minimum Gasteiger partial charge on any atom is -0.307 e. The molecule has 0 saturated carbocycles. The zero-order valence-electron chi connectivity index (χ0n) is 15.3. The summed E-state index contributed by atoms with van der Waals surface area (Å²) in [6.07, 6.45) is -4.85. The Bertz CT molecular complexity index is 898. The third-order valence-corrected chi connectivity index (χ3v) is 4.57. The van der Waals surface area contributed by atoms with Crippen LogP contribution in [-0.4, -0.2) is 24.0 Å². The molecule has 148 valence electrons. The van der Waals surface area contributed by atoms with Gasteiger partial charge in [0.1, 0.15) is 0 Å². The molecule has 8 heteroatoms. The summed E-state index contributed by atoms with van der Waals surface area (Å²) < 4.78 is 38.3. The quantitative estimate of drug-likeness (QED) is 0.807. The van der Waals surface area contributed by atoms with E-state index < -0.39 is 23.8 Å². The molecular weight excluding hydrogens is 373 g/mol. The molecule has 2 aromatic rings. The molecule has 0 spiro atoms. The summed E-state index contributed by atoms with van der Waals surface area (Å²) in [6, 6.07) is 11.4. The molecule has 0 radical (unpaired) electrons. The van der Waals surface area contributed by atoms with Crippen LogP contribution in [0.1, 0.15) is 35.3 Å². The first-order valence-corrected chi connectivity index (χ1v) is 8.72. The van der Waals surface area contributed by atoms with Crippen molar-refractivity contribution >= 4 is 17.5 Å². The maximum absolute atomic E-state index is 12.8. The lowest BCUT2D eigenvalue weighted by Gasteiger charge is -2.25. The molecule has 2 atom stereocenters. The molecule has 2 unspecified atom stereocenters. The maximum Gasteiger partial charge on any atom is 0.416 e. The Morgan fingerprint density at radius 3 is 2.61 bits per heavy atom. The predicted octanol–water partition coefficient (Wildman–Crippen LogP) is 3.73. The molecule has 1 aliphatic rings. The van der Waals surface area contributed by atoms with Crippen molar-refractivity contribution in [3.63, 3.8) is 0 Å². The van der Waals surface area contributed by atoms with Gasteiger partial charge in [-0.3, -0.25) is 14.4 Å². The van der Waals surface area contributed by atoms with E-state index in [2.05, 4.69) is 5.48 Å². The van der Waals surface area contributed by atoms with Gasteiger partial charge in [0.2, 0.25) is 0 Å². The first-order valence-electron chi connectivity index (χ1n) is 8.72. The second kappa shape index (κ2) is 7.63. The van der Waals surface area contributed by atoms with Gasteiger partial charge in [-0.15, -0.1) is 0 Å². The maximum atomic E-state index is 12.8. The van der Waals surface area contributed by atoms with E-state index >= 15 is 0 Å². The second-order valence-corrected chi connectivity index (χ2v) is 6.66. The third-order valence-electron chi connectivity index (χ3n) is 4.57. The van der Waals surface area contributed by atoms with Crippen LogP contribution in [-0.2, 0) is 22.2 Å². The molecule has 0 saturated heterocycles. The summed E-state index contributed by atoms with van der Waals surface area (Å²) in [4.78, 5) is 31.6. The van der Waals surface area contributed by atoms with Crippen molar-refractivity contribution in [2.75, 3.05) is 4.90 Å². The van der Waals surface area contributed by atoms with Crippen LogP contribution >= 0.6 is 0 Å². The van der Waals surface area contributed by atoms with Gasteiger partial charge >= 0.3 is 6.18 Å². The van der Waals surface area contributed by atoms with Gasteiger partial charge in [-0.05, 0) is 50.1 Å². The average Bonchev–Trinajstić information content (AvgIpc) is 3.00. The van der Waals surface area contributed by atoms with Gasteiger partial charge in [-0.25, -0.2) is 5.48 Å². The number of benzene rings is 2. The van der Waals surface area contributed by atoms with Gasteiger partial charge in [0.25, 0.3) is 11.8 Å². The number of nitrogens with zero attached hydrogens (tertiary/aromatic N) is 1. The summed E-state index contributed by atoms with van der Waals surface area (Å²) in [5.74, 6) is -1.21. The number of amides is 2. The van der Waals surface area contributed by atoms with Crippen LogP contribution < -0.4 is 10.4 Å². The lowest BCUT2D eigenvalue weighted by atomic mass is 10.1. The van der Waals surface area contributed by atoms with E-state index in [1.807, 2.05) is 31.2 Å². The summed E-state index contributed by atoms with van der Waals surface area (Å²) in [5, 5.41) is 0. The molecule has 2 amide bonds. The highest BCUT2D eigenvalue weighted by Crippen LogP contribution is 2.32. The monoisotopic (exact) mass is 392 g/mol. The Morgan fingerprint density at radius 2 is 1.89 bits per heavy atom. The fourth-order valence-corrected chi connectivity index (χ4v) is 3.19. The van der Waals surface area contributed by atoms with Crippen molar-refractivity contribution in [3.8, 4) is 0 Å². The highest BCUT2D eigenvalue weighted by atomic mass is 19.4. The summed E-state index contributed by atoms with van der Waals surface area (Å²) in [7, 11) is 0. The number of rotatable bonds is 4. The van der Waals surface area contributed by atoms with E-state index in [1.54, 1.807) is 4.90 Å². The predicted molar refractivity (Wildman–Crippen MR) is 96.6 cm³/mol. The molecule has 2 aromatic carbocycles. The fourth-order valence-electron chi connectivity index (χ4n) is 3.19. The first-order chi connectivity index (χ1) is 13.2. The molecule has 1 heterocycles. The first kappa shape index (κ1) is 19.9. The van der Waals surface area contributed by atoms with Crippen LogP contribution in [0.3, 0.4) is 0 Å². The molecule has 3 rings (SSSR count). The molecule has 0 fully saturated rings. The molecule has 1 N–H and O–H groups in total. The number of hydrogen-bond donors (Lipinski definition) is 1. The molecule has 0 aliphatic carbocycles. The van der Waals surface area contributed by atoms with E-state index in [9.17, 15) is 22.8 Å². The number of halogens is 3. The number of hydroxylamine groups is 1. The van der Waals surface area contributed by atoms with Crippen LogP contribution in [0.25, 0.3) is 0 Å². The zero-order chi connectivity index (χ0) is 20.5. The largest absolute Gasteiger partial charge is 0.416 e. The van der Waals surface area contributed by atoms with E-state index in [-0.39, 0.29) is 17.5 Å². The number of para-hydroxylation sites is 1. The molecule has 0 bridgehead atoms. The molecule has 28 heavy (non-hydrogen) atoms. The highest BCUT2D eigenvalue weighted by molar-refractivity contribution is 5.99. The number of anilines is 1. The van der Waals surface area contributed by atoms with Crippen LogP contribution in [0.4, 0.5) is 18.9 Å². The SMILES string of the molecule is CC(ONC(=O)c1cccc(C(F)(F)F)c1)C(=O)N1c2ccccc2CC1C. The number of alkyl halides is 3. The number of hydrogen-bond acceptors (Lipinski definition) is 3. The van der Waals surface area contributed by atoms with Crippen molar-refractivity contribution in [1.82, 2.24) is 5.48 Å². The van der Waals surface area contributed by atoms with Crippen molar-refractivity contribution in [1.29, 1.82) is 0 Å². The lowest BCUT2D eigenvalue weighted by Crippen LogP contribution is -2.44. The Labute approximate surface area is 160 Å². The molecule has 5 nitrogen and oxygen atoms in total. The lowest BCUT2D eigenvalue weighted by molar-refractivity contribution is -0.137. The summed E-state index contributed by atoms with van der Waals surface area (Å²) in [6.45, 7) is 3.38. The number of carbonyl (C=O) groups excluding carboxylic acids is 2. The van der Waals surface area contributed by atoms with Crippen LogP contribution in [0.15, 0.2) is 48.5 Å². The Morgan fingerprint density at radius 1 is 1.18 bits per heavy atom. The topological polar surface area (TPSA) is 58.6 Å². The number of carbonyl (C=O) groups is 2. The van der Waals surface area contributed by atoms with Crippen molar-refractivity contribution in [2.24, 2.45) is 0 Å². The van der Waals surface area contributed by atoms with Crippen molar-refractivity contribution < 1.29 is 27.6 Å². The standard InChI is InChI=1S/C20H19F3N2O3/c1-12-10-14-6-3-4-9-17(14)25(12)19(27)13(2)28-24-18(26)15-7-5-8-16(11-15)20(21,22)23/h3-9,11-13H,10H2,1-2H3,(H,24,26). The molecule has 1 aliphatic heterocycles. The van der Waals surface area contributed by atoms with Crippen molar-refractivity contribution in [2.45, 2.75) is 38.6 Å². The number of fused-ring (bicyclic) bond motifs is 1. The minimum atomic E-state index is -4.56. The minimum absolute atomic E-state index is 0.0601. The van der Waals surface area contributed by atoms with Gasteiger partial charge in [0.15, 0.2) is 6.10 Å². The van der Waals surface area contributed by atoms with Gasteiger partial charge in [-0.1, -0.05) is 24.3 Å². The van der Waals surface area contributed by atoms with Gasteiger partial charge in [0.05, 0.1) is 5.56 Å². The zero-order valence-corrected chi connectivity index (χ0v) is 15.3. The van der Waals surface area contributed by atoms with Crippen LogP contribution in [0, 0.1) is 0 Å². The molecule has 0 aromatic heterocycles. The van der Waals surface area contributed by atoms with Gasteiger partial charge < -0.3 is 4.90 Å². The van der Waals surface area contributed by atoms with Crippen molar-refractivity contribution in [3.05, 3.63) is 65.2 Å². The smallest absolute Gasteiger partial charge is 0.307 e. The second-order valence-electron chi connectivity index (χ2n) is 6.66. The average molecular weight is 392 g/mol. The Kier molecular flexibility index (Phi) is 5.42. The van der Waals surface area contributed by atoms with Gasteiger partial charge in [-0.2, -0.15) is 13.2 Å². The van der Waals surface area contributed by atoms with E-state index in [0.717, 1.165) is 29.4 Å². The Balaban J connectivity index is 1.65. The highest BCUT2D eigenvalue weighted by Gasteiger charge is 2.34. The fraction of sp³-hybridized carbons (Fsp3) is 0.300. The van der Waals surface area contributed by atoms with Crippen LogP contribution in [0.5, 0.6) is 0 Å². The van der Waals surface area contributed by atoms with E-state index in [0.29, 0.717) is 6.42 Å². The van der Waals surface area contributed by atoms with Gasteiger partial charge in [0, 0.05) is 17.3 Å². The van der Waals surface area contributed by atoms with E-state index in [4.69, 9.17) is 4.84 Å². The normalized spacial score (nSPS) is 17.2.